The van der Waals surface area contributed by atoms with Gasteiger partial charge in [-0.25, -0.2) is 0 Å². The van der Waals surface area contributed by atoms with Crippen LogP contribution in [0.15, 0.2) is 0 Å². The zero-order chi connectivity index (χ0) is 13.4. The van der Waals surface area contributed by atoms with Crippen molar-refractivity contribution in [2.75, 3.05) is 45.6 Å². The molecule has 1 rings (SSSR count). The van der Waals surface area contributed by atoms with E-state index in [0.717, 1.165) is 42.9 Å². The molecule has 0 amide bonds. The van der Waals surface area contributed by atoms with Crippen LogP contribution >= 0.6 is 11.3 Å². The van der Waals surface area contributed by atoms with Gasteiger partial charge in [-0.2, -0.15) is 0 Å². The molecule has 1 N–H and O–H groups in total. The number of anilines is 1. The van der Waals surface area contributed by atoms with Crippen molar-refractivity contribution >= 4 is 16.5 Å². The van der Waals surface area contributed by atoms with Crippen LogP contribution < -0.4 is 5.32 Å². The monoisotopic (exact) mass is 271 g/mol. The van der Waals surface area contributed by atoms with Gasteiger partial charge >= 0.3 is 0 Å². The highest BCUT2D eigenvalue weighted by molar-refractivity contribution is 7.15. The van der Waals surface area contributed by atoms with E-state index in [1.54, 1.807) is 11.3 Å². The van der Waals surface area contributed by atoms with E-state index < -0.39 is 0 Å². The van der Waals surface area contributed by atoms with E-state index in [-0.39, 0.29) is 0 Å². The Labute approximate surface area is 114 Å². The summed E-state index contributed by atoms with van der Waals surface area (Å²) in [6.45, 7) is 9.38. The summed E-state index contributed by atoms with van der Waals surface area (Å²) >= 11 is 1.66. The molecule has 0 atom stereocenters. The van der Waals surface area contributed by atoms with Crippen LogP contribution in [-0.2, 0) is 6.54 Å². The summed E-state index contributed by atoms with van der Waals surface area (Å²) in [6.07, 6.45) is 1.19. The quantitative estimate of drug-likeness (QED) is 0.741. The van der Waals surface area contributed by atoms with Crippen molar-refractivity contribution in [2.45, 2.75) is 26.8 Å². The van der Waals surface area contributed by atoms with Gasteiger partial charge < -0.3 is 10.2 Å². The summed E-state index contributed by atoms with van der Waals surface area (Å²) in [4.78, 5) is 4.64. The van der Waals surface area contributed by atoms with Crippen molar-refractivity contribution < 1.29 is 0 Å². The molecule has 0 saturated heterocycles. The van der Waals surface area contributed by atoms with Gasteiger partial charge in [0, 0.05) is 6.54 Å². The van der Waals surface area contributed by atoms with Gasteiger partial charge in [0.1, 0.15) is 5.01 Å². The maximum atomic E-state index is 4.22. The van der Waals surface area contributed by atoms with E-state index >= 15 is 0 Å². The Balaban J connectivity index is 2.36. The van der Waals surface area contributed by atoms with Crippen molar-refractivity contribution in [1.29, 1.82) is 0 Å². The number of nitrogens with zero attached hydrogens (tertiary/aromatic N) is 4. The SMILES string of the molecule is CCNc1nnc(CN(CC)CCCN(C)C)s1. The number of nitrogens with one attached hydrogen (secondary N) is 1. The van der Waals surface area contributed by atoms with Crippen molar-refractivity contribution in [3.63, 3.8) is 0 Å². The van der Waals surface area contributed by atoms with Crippen LogP contribution in [0.1, 0.15) is 25.3 Å². The lowest BCUT2D eigenvalue weighted by Gasteiger charge is -2.19. The second-order valence-corrected chi connectivity index (χ2v) is 5.62. The standard InChI is InChI=1S/C12H25N5S/c1-5-13-12-15-14-11(18-12)10-17(6-2)9-7-8-16(3)4/h5-10H2,1-4H3,(H,13,15). The highest BCUT2D eigenvalue weighted by Gasteiger charge is 2.08. The molecule has 0 bridgehead atoms. The molecule has 0 unspecified atom stereocenters. The van der Waals surface area contributed by atoms with Crippen LogP contribution in [-0.4, -0.2) is 60.3 Å². The Kier molecular flexibility index (Phi) is 7.15. The molecule has 1 aromatic rings. The molecule has 0 aliphatic carbocycles. The predicted molar refractivity (Wildman–Crippen MR) is 78.2 cm³/mol. The first-order chi connectivity index (χ1) is 8.65. The molecule has 104 valence electrons. The Morgan fingerprint density at radius 2 is 1.94 bits per heavy atom. The van der Waals surface area contributed by atoms with Crippen LogP contribution in [0.2, 0.25) is 0 Å². The van der Waals surface area contributed by atoms with Gasteiger partial charge in [0.05, 0.1) is 6.54 Å². The van der Waals surface area contributed by atoms with Crippen LogP contribution in [0.5, 0.6) is 0 Å². The van der Waals surface area contributed by atoms with Crippen molar-refractivity contribution in [1.82, 2.24) is 20.0 Å². The van der Waals surface area contributed by atoms with Gasteiger partial charge in [0.15, 0.2) is 0 Å². The van der Waals surface area contributed by atoms with Crippen molar-refractivity contribution in [3.8, 4) is 0 Å². The number of aromatic nitrogens is 2. The molecule has 18 heavy (non-hydrogen) atoms. The first-order valence-electron chi connectivity index (χ1n) is 6.59. The fraction of sp³-hybridized carbons (Fsp3) is 0.833. The molecule has 0 saturated carbocycles. The van der Waals surface area contributed by atoms with Crippen LogP contribution in [0.25, 0.3) is 0 Å². The molecule has 0 aliphatic rings. The molecule has 0 aliphatic heterocycles. The highest BCUT2D eigenvalue weighted by atomic mass is 32.1. The van der Waals surface area contributed by atoms with E-state index in [0.29, 0.717) is 0 Å². The molecule has 0 spiro atoms. The minimum atomic E-state index is 0.898. The van der Waals surface area contributed by atoms with Crippen LogP contribution in [0, 0.1) is 0 Å². The Morgan fingerprint density at radius 3 is 2.56 bits per heavy atom. The van der Waals surface area contributed by atoms with Gasteiger partial charge in [0.2, 0.25) is 5.13 Å². The number of rotatable bonds is 9. The molecular weight excluding hydrogens is 246 g/mol. The van der Waals surface area contributed by atoms with Gasteiger partial charge in [-0.15, -0.1) is 10.2 Å². The number of hydrogen-bond acceptors (Lipinski definition) is 6. The average Bonchev–Trinajstić information content (AvgIpc) is 2.75. The van der Waals surface area contributed by atoms with Crippen molar-refractivity contribution in [2.24, 2.45) is 0 Å². The third-order valence-corrected chi connectivity index (χ3v) is 3.55. The van der Waals surface area contributed by atoms with E-state index in [4.69, 9.17) is 0 Å². The summed E-state index contributed by atoms with van der Waals surface area (Å²) in [6, 6.07) is 0. The predicted octanol–water partition coefficient (Wildman–Crippen LogP) is 1.74. The van der Waals surface area contributed by atoms with E-state index in [1.165, 1.54) is 6.42 Å². The maximum absolute atomic E-state index is 4.22. The lowest BCUT2D eigenvalue weighted by atomic mass is 10.3. The van der Waals surface area contributed by atoms with E-state index in [9.17, 15) is 0 Å². The Morgan fingerprint density at radius 1 is 1.17 bits per heavy atom. The van der Waals surface area contributed by atoms with Gasteiger partial charge in [-0.3, -0.25) is 4.90 Å². The molecule has 5 nitrogen and oxygen atoms in total. The second kappa shape index (κ2) is 8.39. The summed E-state index contributed by atoms with van der Waals surface area (Å²) in [5, 5.41) is 13.6. The Hall–Kier alpha value is -0.720. The third-order valence-electron chi connectivity index (χ3n) is 2.68. The maximum Gasteiger partial charge on any atom is 0.205 e. The smallest absolute Gasteiger partial charge is 0.205 e. The summed E-state index contributed by atoms with van der Waals surface area (Å²) in [5.41, 5.74) is 0. The molecule has 1 aromatic heterocycles. The van der Waals surface area contributed by atoms with E-state index in [2.05, 4.69) is 53.3 Å². The minimum absolute atomic E-state index is 0.898. The van der Waals surface area contributed by atoms with Gasteiger partial charge in [-0.1, -0.05) is 18.3 Å². The molecule has 0 aromatic carbocycles. The fourth-order valence-corrected chi connectivity index (χ4v) is 2.54. The zero-order valence-corrected chi connectivity index (χ0v) is 12.8. The molecule has 6 heteroatoms. The second-order valence-electron chi connectivity index (χ2n) is 4.56. The average molecular weight is 271 g/mol. The third kappa shape index (κ3) is 5.75. The molecular formula is C12H25N5S. The van der Waals surface area contributed by atoms with Crippen molar-refractivity contribution in [3.05, 3.63) is 5.01 Å². The molecule has 1 heterocycles. The lowest BCUT2D eigenvalue weighted by Crippen LogP contribution is -2.26. The highest BCUT2D eigenvalue weighted by Crippen LogP contribution is 2.16. The minimum Gasteiger partial charge on any atom is -0.360 e. The number of hydrogen-bond donors (Lipinski definition) is 1. The first kappa shape index (κ1) is 15.3. The molecule has 0 radical (unpaired) electrons. The van der Waals surface area contributed by atoms with Gasteiger partial charge in [0.25, 0.3) is 0 Å². The summed E-state index contributed by atoms with van der Waals surface area (Å²) < 4.78 is 0. The largest absolute Gasteiger partial charge is 0.360 e. The normalized spacial score (nSPS) is 11.4. The van der Waals surface area contributed by atoms with E-state index in [1.807, 2.05) is 0 Å². The fourth-order valence-electron chi connectivity index (χ4n) is 1.69. The van der Waals surface area contributed by atoms with Crippen LogP contribution in [0.3, 0.4) is 0 Å². The summed E-state index contributed by atoms with van der Waals surface area (Å²) in [5.74, 6) is 0. The zero-order valence-electron chi connectivity index (χ0n) is 11.9. The first-order valence-corrected chi connectivity index (χ1v) is 7.40. The van der Waals surface area contributed by atoms with Crippen LogP contribution in [0.4, 0.5) is 5.13 Å². The summed E-state index contributed by atoms with van der Waals surface area (Å²) in [7, 11) is 4.23. The Bertz CT molecular complexity index is 326. The van der Waals surface area contributed by atoms with Gasteiger partial charge in [-0.05, 0) is 47.1 Å². The lowest BCUT2D eigenvalue weighted by molar-refractivity contribution is 0.258. The molecule has 0 fully saturated rings. The topological polar surface area (TPSA) is 44.3 Å².